The van der Waals surface area contributed by atoms with Gasteiger partial charge in [-0.15, -0.1) is 0 Å². The van der Waals surface area contributed by atoms with Crippen LogP contribution in [0.3, 0.4) is 0 Å². The van der Waals surface area contributed by atoms with Gasteiger partial charge in [0.15, 0.2) is 0 Å². The standard InChI is InChI=1S/C17H18N2O/c1-12-7-8-14(11-15(12)18)19-16(20)17(9-10-17)13-5-3-2-4-6-13/h2-8,11H,9-10,18H2,1H3,(H,19,20). The van der Waals surface area contributed by atoms with Crippen LogP contribution >= 0.6 is 0 Å². The highest BCUT2D eigenvalue weighted by molar-refractivity contribution is 6.01. The van der Waals surface area contributed by atoms with E-state index in [-0.39, 0.29) is 11.3 Å². The lowest BCUT2D eigenvalue weighted by atomic mass is 9.95. The monoisotopic (exact) mass is 266 g/mol. The molecule has 3 N–H and O–H groups in total. The second-order valence-corrected chi connectivity index (χ2v) is 5.47. The first-order chi connectivity index (χ1) is 9.62. The highest BCUT2D eigenvalue weighted by Gasteiger charge is 2.51. The summed E-state index contributed by atoms with van der Waals surface area (Å²) in [6.45, 7) is 1.95. The van der Waals surface area contributed by atoms with Gasteiger partial charge in [0, 0.05) is 11.4 Å². The van der Waals surface area contributed by atoms with Gasteiger partial charge in [-0.1, -0.05) is 36.4 Å². The molecule has 3 heteroatoms. The number of nitrogen functional groups attached to an aromatic ring is 1. The molecule has 2 aromatic rings. The van der Waals surface area contributed by atoms with E-state index in [1.54, 1.807) is 0 Å². The van der Waals surface area contributed by atoms with Gasteiger partial charge in [0.2, 0.25) is 5.91 Å². The van der Waals surface area contributed by atoms with Crippen LogP contribution in [0, 0.1) is 6.92 Å². The lowest BCUT2D eigenvalue weighted by Crippen LogP contribution is -2.27. The fourth-order valence-corrected chi connectivity index (χ4v) is 2.50. The van der Waals surface area contributed by atoms with Gasteiger partial charge in [0.25, 0.3) is 0 Å². The van der Waals surface area contributed by atoms with E-state index in [4.69, 9.17) is 5.73 Å². The van der Waals surface area contributed by atoms with E-state index in [1.165, 1.54) is 0 Å². The molecule has 0 spiro atoms. The lowest BCUT2D eigenvalue weighted by molar-refractivity contribution is -0.118. The number of amides is 1. The SMILES string of the molecule is Cc1ccc(NC(=O)C2(c3ccccc3)CC2)cc1N. The predicted molar refractivity (Wildman–Crippen MR) is 81.6 cm³/mol. The summed E-state index contributed by atoms with van der Waals surface area (Å²) >= 11 is 0. The molecule has 3 nitrogen and oxygen atoms in total. The number of aryl methyl sites for hydroxylation is 1. The maximum absolute atomic E-state index is 12.5. The minimum Gasteiger partial charge on any atom is -0.398 e. The third kappa shape index (κ3) is 2.16. The number of anilines is 2. The average molecular weight is 266 g/mol. The summed E-state index contributed by atoms with van der Waals surface area (Å²) < 4.78 is 0. The summed E-state index contributed by atoms with van der Waals surface area (Å²) in [5.41, 5.74) is 9.12. The third-order valence-electron chi connectivity index (χ3n) is 4.05. The Morgan fingerprint density at radius 3 is 2.45 bits per heavy atom. The van der Waals surface area contributed by atoms with Crippen LogP contribution in [-0.2, 0) is 10.2 Å². The second kappa shape index (κ2) is 4.67. The van der Waals surface area contributed by atoms with E-state index in [0.29, 0.717) is 5.69 Å². The molecule has 102 valence electrons. The van der Waals surface area contributed by atoms with Crippen LogP contribution < -0.4 is 11.1 Å². The first-order valence-corrected chi connectivity index (χ1v) is 6.85. The molecule has 0 bridgehead atoms. The molecule has 0 aliphatic heterocycles. The highest BCUT2D eigenvalue weighted by atomic mass is 16.2. The first kappa shape index (κ1) is 12.7. The Kier molecular flexibility index (Phi) is 2.97. The fraction of sp³-hybridized carbons (Fsp3) is 0.235. The Balaban J connectivity index is 1.81. The zero-order chi connectivity index (χ0) is 14.2. The Morgan fingerprint density at radius 2 is 1.85 bits per heavy atom. The van der Waals surface area contributed by atoms with Crippen molar-refractivity contribution in [2.75, 3.05) is 11.1 Å². The molecular weight excluding hydrogens is 248 g/mol. The molecule has 1 aliphatic carbocycles. The Hall–Kier alpha value is -2.29. The number of hydrogen-bond donors (Lipinski definition) is 2. The molecule has 2 aromatic carbocycles. The van der Waals surface area contributed by atoms with Crippen molar-refractivity contribution in [1.29, 1.82) is 0 Å². The summed E-state index contributed by atoms with van der Waals surface area (Å²) in [5, 5.41) is 2.99. The number of carbonyl (C=O) groups is 1. The van der Waals surface area contributed by atoms with E-state index in [9.17, 15) is 4.79 Å². The fourth-order valence-electron chi connectivity index (χ4n) is 2.50. The number of nitrogens with two attached hydrogens (primary N) is 1. The quantitative estimate of drug-likeness (QED) is 0.838. The number of rotatable bonds is 3. The molecule has 0 atom stereocenters. The topological polar surface area (TPSA) is 55.1 Å². The Morgan fingerprint density at radius 1 is 1.15 bits per heavy atom. The van der Waals surface area contributed by atoms with Gasteiger partial charge in [-0.3, -0.25) is 4.79 Å². The van der Waals surface area contributed by atoms with Crippen LogP contribution in [-0.4, -0.2) is 5.91 Å². The molecule has 0 heterocycles. The van der Waals surface area contributed by atoms with Gasteiger partial charge in [0.05, 0.1) is 5.41 Å². The number of nitrogens with one attached hydrogen (secondary N) is 1. The van der Waals surface area contributed by atoms with Gasteiger partial charge >= 0.3 is 0 Å². The molecule has 1 fully saturated rings. The van der Waals surface area contributed by atoms with Crippen LogP contribution in [0.5, 0.6) is 0 Å². The van der Waals surface area contributed by atoms with Gasteiger partial charge < -0.3 is 11.1 Å². The van der Waals surface area contributed by atoms with Gasteiger partial charge in [-0.05, 0) is 43.0 Å². The zero-order valence-corrected chi connectivity index (χ0v) is 11.5. The van der Waals surface area contributed by atoms with E-state index in [1.807, 2.05) is 55.5 Å². The predicted octanol–water partition coefficient (Wildman–Crippen LogP) is 3.25. The van der Waals surface area contributed by atoms with E-state index < -0.39 is 0 Å². The van der Waals surface area contributed by atoms with Gasteiger partial charge in [-0.25, -0.2) is 0 Å². The minimum atomic E-state index is -0.346. The third-order valence-corrected chi connectivity index (χ3v) is 4.05. The van der Waals surface area contributed by atoms with Crippen LogP contribution in [0.1, 0.15) is 24.0 Å². The van der Waals surface area contributed by atoms with Gasteiger partial charge in [-0.2, -0.15) is 0 Å². The van der Waals surface area contributed by atoms with E-state index in [0.717, 1.165) is 29.7 Å². The first-order valence-electron chi connectivity index (χ1n) is 6.85. The van der Waals surface area contributed by atoms with E-state index >= 15 is 0 Å². The molecule has 0 aromatic heterocycles. The summed E-state index contributed by atoms with van der Waals surface area (Å²) in [5.74, 6) is 0.0620. The average Bonchev–Trinajstić information content (AvgIpc) is 3.26. The van der Waals surface area contributed by atoms with Crippen molar-refractivity contribution in [2.24, 2.45) is 0 Å². The molecule has 1 aliphatic rings. The molecule has 0 unspecified atom stereocenters. The number of hydrogen-bond acceptors (Lipinski definition) is 2. The zero-order valence-electron chi connectivity index (χ0n) is 11.5. The molecule has 3 rings (SSSR count). The van der Waals surface area contributed by atoms with Crippen LogP contribution in [0.15, 0.2) is 48.5 Å². The van der Waals surface area contributed by atoms with Crippen molar-refractivity contribution in [3.05, 3.63) is 59.7 Å². The molecule has 20 heavy (non-hydrogen) atoms. The van der Waals surface area contributed by atoms with Crippen molar-refractivity contribution in [3.8, 4) is 0 Å². The molecule has 1 saturated carbocycles. The molecule has 0 saturated heterocycles. The van der Waals surface area contributed by atoms with E-state index in [2.05, 4.69) is 5.32 Å². The van der Waals surface area contributed by atoms with Crippen LogP contribution in [0.4, 0.5) is 11.4 Å². The summed E-state index contributed by atoms with van der Waals surface area (Å²) in [6, 6.07) is 15.6. The van der Waals surface area contributed by atoms with Crippen molar-refractivity contribution < 1.29 is 4.79 Å². The summed E-state index contributed by atoms with van der Waals surface area (Å²) in [7, 11) is 0. The van der Waals surface area contributed by atoms with Crippen molar-refractivity contribution in [1.82, 2.24) is 0 Å². The normalized spacial score (nSPS) is 15.7. The second-order valence-electron chi connectivity index (χ2n) is 5.47. The summed E-state index contributed by atoms with van der Waals surface area (Å²) in [4.78, 5) is 12.5. The van der Waals surface area contributed by atoms with Crippen LogP contribution in [0.25, 0.3) is 0 Å². The van der Waals surface area contributed by atoms with Crippen molar-refractivity contribution in [2.45, 2.75) is 25.2 Å². The maximum atomic E-state index is 12.5. The summed E-state index contributed by atoms with van der Waals surface area (Å²) in [6.07, 6.45) is 1.81. The number of carbonyl (C=O) groups excluding carboxylic acids is 1. The van der Waals surface area contributed by atoms with Crippen molar-refractivity contribution in [3.63, 3.8) is 0 Å². The number of benzene rings is 2. The Labute approximate surface area is 118 Å². The minimum absolute atomic E-state index is 0.0620. The maximum Gasteiger partial charge on any atom is 0.235 e. The smallest absolute Gasteiger partial charge is 0.235 e. The van der Waals surface area contributed by atoms with Crippen molar-refractivity contribution >= 4 is 17.3 Å². The molecule has 0 radical (unpaired) electrons. The highest BCUT2D eigenvalue weighted by Crippen LogP contribution is 2.48. The Bertz CT molecular complexity index is 645. The lowest BCUT2D eigenvalue weighted by Gasteiger charge is -2.16. The molecular formula is C17H18N2O. The molecule has 1 amide bonds. The van der Waals surface area contributed by atoms with Crippen LogP contribution in [0.2, 0.25) is 0 Å². The van der Waals surface area contributed by atoms with Gasteiger partial charge in [0.1, 0.15) is 0 Å². The largest absolute Gasteiger partial charge is 0.398 e.